The number of halogens is 2. The number of amides is 2. The molecule has 0 heterocycles. The third kappa shape index (κ3) is 7.38. The van der Waals surface area contributed by atoms with Crippen LogP contribution in [0.3, 0.4) is 0 Å². The van der Waals surface area contributed by atoms with Gasteiger partial charge in [-0.3, -0.25) is 14.4 Å². The van der Waals surface area contributed by atoms with E-state index < -0.39 is 29.4 Å². The van der Waals surface area contributed by atoms with Crippen molar-refractivity contribution in [2.24, 2.45) is 0 Å². The lowest BCUT2D eigenvalue weighted by Crippen LogP contribution is -2.35. The van der Waals surface area contributed by atoms with Gasteiger partial charge >= 0.3 is 5.97 Å². The van der Waals surface area contributed by atoms with Gasteiger partial charge in [0.15, 0.2) is 11.5 Å². The quantitative estimate of drug-likeness (QED) is 0.202. The number of carbonyl (C=O) groups excluding carboxylic acids is 2. The molecule has 4 aromatic rings. The fourth-order valence-corrected chi connectivity index (χ4v) is 4.91. The van der Waals surface area contributed by atoms with Crippen molar-refractivity contribution in [1.29, 1.82) is 0 Å². The summed E-state index contributed by atoms with van der Waals surface area (Å²) in [5, 5.41) is 12.0. The largest absolute Gasteiger partial charge is 0.493 e. The summed E-state index contributed by atoms with van der Waals surface area (Å²) in [7, 11) is 3.04. The maximum atomic E-state index is 14.1. The second-order valence-electron chi connectivity index (χ2n) is 9.81. The molecule has 0 saturated heterocycles. The first kappa shape index (κ1) is 31.7. The summed E-state index contributed by atoms with van der Waals surface area (Å²) in [6.07, 6.45) is 0.0915. The van der Waals surface area contributed by atoms with Gasteiger partial charge in [0.25, 0.3) is 11.8 Å². The molecule has 4 aromatic carbocycles. The molecular formula is C34H32F2N2O6. The van der Waals surface area contributed by atoms with E-state index in [-0.39, 0.29) is 42.7 Å². The number of para-hydroxylation sites is 1. The number of carboxylic acid groups (broad SMARTS) is 1. The minimum absolute atomic E-state index is 0.0505. The fourth-order valence-electron chi connectivity index (χ4n) is 4.91. The van der Waals surface area contributed by atoms with E-state index >= 15 is 0 Å². The van der Waals surface area contributed by atoms with Crippen molar-refractivity contribution in [1.82, 2.24) is 10.2 Å². The molecule has 0 saturated carbocycles. The monoisotopic (exact) mass is 602 g/mol. The zero-order chi connectivity index (χ0) is 31.6. The minimum Gasteiger partial charge on any atom is -0.493 e. The molecule has 0 atom stereocenters. The maximum absolute atomic E-state index is 14.1. The fraction of sp³-hybridized carbons (Fsp3) is 0.206. The Labute approximate surface area is 253 Å². The van der Waals surface area contributed by atoms with Gasteiger partial charge in [-0.2, -0.15) is 0 Å². The first-order valence-electron chi connectivity index (χ1n) is 13.9. The number of rotatable bonds is 13. The smallest absolute Gasteiger partial charge is 0.305 e. The minimum atomic E-state index is -1.05. The number of ether oxygens (including phenoxy) is 2. The molecular weight excluding hydrogens is 570 g/mol. The van der Waals surface area contributed by atoms with Crippen LogP contribution in [0.2, 0.25) is 0 Å². The van der Waals surface area contributed by atoms with E-state index in [0.717, 1.165) is 17.7 Å². The SMILES string of the molecule is COc1cccc(CCN(CCC(=O)O)C(=O)c2ccccc2-c2ccccc2C(=O)NCc2c(F)cccc2F)c1OC. The van der Waals surface area contributed by atoms with Crippen LogP contribution in [-0.2, 0) is 17.8 Å². The molecule has 0 aliphatic rings. The molecule has 0 spiro atoms. The molecule has 0 unspecified atom stereocenters. The van der Waals surface area contributed by atoms with E-state index in [9.17, 15) is 28.3 Å². The Hall–Kier alpha value is -5.25. The second kappa shape index (κ2) is 14.8. The summed E-state index contributed by atoms with van der Waals surface area (Å²) in [4.78, 5) is 40.2. The van der Waals surface area contributed by atoms with Gasteiger partial charge in [-0.15, -0.1) is 0 Å². The highest BCUT2D eigenvalue weighted by Gasteiger charge is 2.23. The average molecular weight is 603 g/mol. The highest BCUT2D eigenvalue weighted by atomic mass is 19.1. The number of hydrogen-bond donors (Lipinski definition) is 2. The number of carbonyl (C=O) groups is 3. The van der Waals surface area contributed by atoms with Gasteiger partial charge in [-0.25, -0.2) is 8.78 Å². The standard InChI is InChI=1S/C34H32F2N2O6/c1-43-30-16-7-9-22(32(30)44-2)17-19-38(20-18-31(39)40)34(42)26-13-6-4-11-24(26)23-10-3-5-12-25(23)33(41)37-21-27-28(35)14-8-15-29(27)36/h3-16H,17-21H2,1-2H3,(H,37,41)(H,39,40). The van der Waals surface area contributed by atoms with Crippen molar-refractivity contribution in [2.45, 2.75) is 19.4 Å². The summed E-state index contributed by atoms with van der Waals surface area (Å²) in [6, 6.07) is 22.2. The molecule has 4 rings (SSSR count). The number of hydrogen-bond acceptors (Lipinski definition) is 5. The highest BCUT2D eigenvalue weighted by molar-refractivity contribution is 6.06. The Morgan fingerprint density at radius 3 is 2.02 bits per heavy atom. The van der Waals surface area contributed by atoms with Gasteiger partial charge in [0.05, 0.1) is 20.6 Å². The zero-order valence-corrected chi connectivity index (χ0v) is 24.3. The topological polar surface area (TPSA) is 105 Å². The average Bonchev–Trinajstić information content (AvgIpc) is 3.03. The van der Waals surface area contributed by atoms with Crippen molar-refractivity contribution >= 4 is 17.8 Å². The molecule has 228 valence electrons. The predicted octanol–water partition coefficient (Wildman–Crippen LogP) is 5.74. The van der Waals surface area contributed by atoms with Gasteiger partial charge in [-0.05, 0) is 53.4 Å². The molecule has 0 aromatic heterocycles. The lowest BCUT2D eigenvalue weighted by Gasteiger charge is -2.24. The van der Waals surface area contributed by atoms with Crippen LogP contribution >= 0.6 is 0 Å². The number of aliphatic carboxylic acids is 1. The third-order valence-electron chi connectivity index (χ3n) is 7.13. The molecule has 0 aliphatic heterocycles. The predicted molar refractivity (Wildman–Crippen MR) is 161 cm³/mol. The van der Waals surface area contributed by atoms with Crippen LogP contribution in [0.4, 0.5) is 8.78 Å². The Morgan fingerprint density at radius 2 is 1.39 bits per heavy atom. The van der Waals surface area contributed by atoms with Gasteiger partial charge in [0, 0.05) is 36.3 Å². The Morgan fingerprint density at radius 1 is 0.773 bits per heavy atom. The summed E-state index contributed by atoms with van der Waals surface area (Å²) in [5.74, 6) is -2.55. The lowest BCUT2D eigenvalue weighted by atomic mass is 9.94. The number of nitrogens with zero attached hydrogens (tertiary/aromatic N) is 1. The van der Waals surface area contributed by atoms with Crippen molar-refractivity contribution in [3.05, 3.63) is 119 Å². The number of nitrogens with one attached hydrogen (secondary N) is 1. The van der Waals surface area contributed by atoms with Crippen LogP contribution in [0.25, 0.3) is 11.1 Å². The summed E-state index contributed by atoms with van der Waals surface area (Å²) in [6.45, 7) is -0.242. The molecule has 10 heteroatoms. The Kier molecular flexibility index (Phi) is 10.6. The summed E-state index contributed by atoms with van der Waals surface area (Å²) < 4.78 is 39.2. The van der Waals surface area contributed by atoms with Crippen molar-refractivity contribution < 1.29 is 37.7 Å². The van der Waals surface area contributed by atoms with Crippen LogP contribution in [0, 0.1) is 11.6 Å². The van der Waals surface area contributed by atoms with E-state index in [1.54, 1.807) is 60.7 Å². The van der Waals surface area contributed by atoms with E-state index in [0.29, 0.717) is 29.0 Å². The van der Waals surface area contributed by atoms with Crippen LogP contribution < -0.4 is 14.8 Å². The first-order chi connectivity index (χ1) is 21.2. The molecule has 0 radical (unpaired) electrons. The molecule has 0 bridgehead atoms. The van der Waals surface area contributed by atoms with Gasteiger partial charge in [-0.1, -0.05) is 54.6 Å². The normalized spacial score (nSPS) is 10.6. The van der Waals surface area contributed by atoms with E-state index in [2.05, 4.69) is 5.32 Å². The van der Waals surface area contributed by atoms with Gasteiger partial charge in [0.1, 0.15) is 11.6 Å². The summed E-state index contributed by atoms with van der Waals surface area (Å²) >= 11 is 0. The van der Waals surface area contributed by atoms with Crippen LogP contribution in [0.5, 0.6) is 11.5 Å². The van der Waals surface area contributed by atoms with E-state index in [1.807, 2.05) is 6.07 Å². The van der Waals surface area contributed by atoms with E-state index in [4.69, 9.17) is 9.47 Å². The first-order valence-corrected chi connectivity index (χ1v) is 13.9. The molecule has 44 heavy (non-hydrogen) atoms. The number of carboxylic acids is 1. The molecule has 8 nitrogen and oxygen atoms in total. The van der Waals surface area contributed by atoms with Gasteiger partial charge in [0.2, 0.25) is 0 Å². The lowest BCUT2D eigenvalue weighted by molar-refractivity contribution is -0.137. The molecule has 0 aliphatic carbocycles. The van der Waals surface area contributed by atoms with Crippen molar-refractivity contribution in [2.75, 3.05) is 27.3 Å². The van der Waals surface area contributed by atoms with Crippen molar-refractivity contribution in [3.63, 3.8) is 0 Å². The van der Waals surface area contributed by atoms with E-state index in [1.165, 1.54) is 25.2 Å². The molecule has 0 fully saturated rings. The molecule has 2 amide bonds. The Balaban J connectivity index is 1.64. The summed E-state index contributed by atoms with van der Waals surface area (Å²) in [5.41, 5.74) is 1.84. The van der Waals surface area contributed by atoms with Gasteiger partial charge < -0.3 is 24.8 Å². The third-order valence-corrected chi connectivity index (χ3v) is 7.13. The highest BCUT2D eigenvalue weighted by Crippen LogP contribution is 2.32. The second-order valence-corrected chi connectivity index (χ2v) is 9.81. The number of benzene rings is 4. The molecule has 2 N–H and O–H groups in total. The Bertz CT molecular complexity index is 1640. The van der Waals surface area contributed by atoms with Crippen LogP contribution in [-0.4, -0.2) is 55.1 Å². The van der Waals surface area contributed by atoms with Crippen molar-refractivity contribution in [3.8, 4) is 22.6 Å². The van der Waals surface area contributed by atoms with Crippen LogP contribution in [0.1, 0.15) is 38.3 Å². The zero-order valence-electron chi connectivity index (χ0n) is 24.3. The maximum Gasteiger partial charge on any atom is 0.305 e. The van der Waals surface area contributed by atoms with Crippen LogP contribution in [0.15, 0.2) is 84.9 Å². The number of methoxy groups -OCH3 is 2.